The van der Waals surface area contributed by atoms with Crippen LogP contribution in [0.15, 0.2) is 49.1 Å². The lowest BCUT2D eigenvalue weighted by molar-refractivity contribution is -0.121. The second-order valence-electron chi connectivity index (χ2n) is 8.17. The molecule has 0 atom stereocenters. The van der Waals surface area contributed by atoms with Crippen molar-refractivity contribution in [1.82, 2.24) is 15.4 Å². The highest BCUT2D eigenvalue weighted by Crippen LogP contribution is 2.34. The second-order valence-corrected chi connectivity index (χ2v) is 8.17. The molecule has 162 valence electrons. The minimum Gasteiger partial charge on any atom is -0.442 e. The number of ether oxygens (including phenoxy) is 1. The molecule has 0 radical (unpaired) electrons. The molecule has 8 heteroatoms. The van der Waals surface area contributed by atoms with Gasteiger partial charge in [0.1, 0.15) is 5.60 Å². The van der Waals surface area contributed by atoms with E-state index in [1.165, 1.54) is 0 Å². The molecule has 0 aliphatic heterocycles. The number of rotatable bonds is 4. The summed E-state index contributed by atoms with van der Waals surface area (Å²) in [4.78, 5) is 33.9. The van der Waals surface area contributed by atoms with E-state index in [9.17, 15) is 9.59 Å². The Morgan fingerprint density at radius 2 is 1.84 bits per heavy atom. The van der Waals surface area contributed by atoms with E-state index in [2.05, 4.69) is 15.4 Å². The average molecular weight is 422 g/mol. The van der Waals surface area contributed by atoms with Gasteiger partial charge in [-0.25, -0.2) is 4.79 Å². The SMILES string of the molecule is Cc1ccncc1-c1cc(N(NC(=O)CCN)C(=O)OC(C)(C)C)c2cnccc2c1. The number of carbonyl (C=O) groups is 2. The quantitative estimate of drug-likeness (QED) is 0.621. The van der Waals surface area contributed by atoms with Gasteiger partial charge in [0, 0.05) is 48.7 Å². The first kappa shape index (κ1) is 22.2. The van der Waals surface area contributed by atoms with Gasteiger partial charge >= 0.3 is 6.09 Å². The Hall–Kier alpha value is -3.52. The molecular formula is C23H27N5O3. The molecule has 3 rings (SSSR count). The lowest BCUT2D eigenvalue weighted by Gasteiger charge is -2.28. The Balaban J connectivity index is 2.19. The fourth-order valence-corrected chi connectivity index (χ4v) is 3.11. The minimum atomic E-state index is -0.750. The van der Waals surface area contributed by atoms with Gasteiger partial charge in [-0.3, -0.25) is 20.2 Å². The largest absolute Gasteiger partial charge is 0.442 e. The Kier molecular flexibility index (Phi) is 6.50. The maximum atomic E-state index is 13.1. The van der Waals surface area contributed by atoms with Crippen molar-refractivity contribution in [3.63, 3.8) is 0 Å². The van der Waals surface area contributed by atoms with Gasteiger partial charge in [0.15, 0.2) is 0 Å². The van der Waals surface area contributed by atoms with Crippen LogP contribution < -0.4 is 16.2 Å². The number of pyridine rings is 2. The molecule has 0 aliphatic rings. The van der Waals surface area contributed by atoms with Crippen LogP contribution in [-0.4, -0.2) is 34.1 Å². The van der Waals surface area contributed by atoms with Crippen LogP contribution in [0, 0.1) is 6.92 Å². The topological polar surface area (TPSA) is 110 Å². The maximum Gasteiger partial charge on any atom is 0.434 e. The Morgan fingerprint density at radius 3 is 2.52 bits per heavy atom. The zero-order valence-electron chi connectivity index (χ0n) is 18.2. The average Bonchev–Trinajstić information content (AvgIpc) is 2.70. The molecule has 0 unspecified atom stereocenters. The number of hydrogen-bond donors (Lipinski definition) is 2. The summed E-state index contributed by atoms with van der Waals surface area (Å²) in [7, 11) is 0. The van der Waals surface area contributed by atoms with Crippen LogP contribution in [0.1, 0.15) is 32.8 Å². The van der Waals surface area contributed by atoms with E-state index in [0.29, 0.717) is 11.1 Å². The summed E-state index contributed by atoms with van der Waals surface area (Å²) in [5.41, 5.74) is 10.6. The monoisotopic (exact) mass is 421 g/mol. The van der Waals surface area contributed by atoms with E-state index in [4.69, 9.17) is 10.5 Å². The molecule has 0 fully saturated rings. The molecule has 31 heavy (non-hydrogen) atoms. The number of hydrogen-bond acceptors (Lipinski definition) is 6. The van der Waals surface area contributed by atoms with Crippen LogP contribution in [-0.2, 0) is 9.53 Å². The Bertz CT molecular complexity index is 1110. The molecule has 3 aromatic rings. The minimum absolute atomic E-state index is 0.0664. The molecular weight excluding hydrogens is 394 g/mol. The summed E-state index contributed by atoms with van der Waals surface area (Å²) in [6, 6.07) is 7.59. The number of aromatic nitrogens is 2. The number of hydrazine groups is 1. The fourth-order valence-electron chi connectivity index (χ4n) is 3.11. The number of nitrogens with two attached hydrogens (primary N) is 1. The molecule has 8 nitrogen and oxygen atoms in total. The third-order valence-electron chi connectivity index (χ3n) is 4.51. The molecule has 2 amide bonds. The standard InChI is InChI=1S/C23H27N5O3/c1-15-6-9-25-13-18(15)17-11-16-7-10-26-14-19(16)20(12-17)28(27-21(29)5-8-24)22(30)31-23(2,3)4/h6-7,9-14H,5,8,24H2,1-4H3,(H,27,29). The van der Waals surface area contributed by atoms with Crippen molar-refractivity contribution in [2.24, 2.45) is 5.73 Å². The van der Waals surface area contributed by atoms with Crippen LogP contribution in [0.5, 0.6) is 0 Å². The zero-order valence-corrected chi connectivity index (χ0v) is 18.2. The summed E-state index contributed by atoms with van der Waals surface area (Å²) < 4.78 is 5.56. The normalized spacial score (nSPS) is 11.3. The first-order valence-electron chi connectivity index (χ1n) is 10.0. The Labute approximate surface area is 181 Å². The highest BCUT2D eigenvalue weighted by atomic mass is 16.6. The number of amides is 2. The van der Waals surface area contributed by atoms with Crippen LogP contribution >= 0.6 is 0 Å². The van der Waals surface area contributed by atoms with E-state index < -0.39 is 17.6 Å². The zero-order chi connectivity index (χ0) is 22.6. The summed E-state index contributed by atoms with van der Waals surface area (Å²) in [6.45, 7) is 7.44. The van der Waals surface area contributed by atoms with E-state index in [-0.39, 0.29) is 13.0 Å². The van der Waals surface area contributed by atoms with Gasteiger partial charge in [0.25, 0.3) is 0 Å². The van der Waals surface area contributed by atoms with Gasteiger partial charge in [-0.1, -0.05) is 0 Å². The van der Waals surface area contributed by atoms with Gasteiger partial charge in [-0.2, -0.15) is 5.01 Å². The predicted octanol–water partition coefficient (Wildman–Crippen LogP) is 3.73. The van der Waals surface area contributed by atoms with Gasteiger partial charge in [0.05, 0.1) is 5.69 Å². The van der Waals surface area contributed by atoms with E-state index in [0.717, 1.165) is 27.1 Å². The first-order chi connectivity index (χ1) is 14.7. The number of fused-ring (bicyclic) bond motifs is 1. The van der Waals surface area contributed by atoms with E-state index in [1.54, 1.807) is 45.6 Å². The fraction of sp³-hybridized carbons (Fsp3) is 0.304. The van der Waals surface area contributed by atoms with E-state index >= 15 is 0 Å². The van der Waals surface area contributed by atoms with Gasteiger partial charge < -0.3 is 10.5 Å². The lowest BCUT2D eigenvalue weighted by Crippen LogP contribution is -2.49. The number of anilines is 1. The molecule has 2 aromatic heterocycles. The molecule has 2 heterocycles. The van der Waals surface area contributed by atoms with Crippen LogP contribution in [0.4, 0.5) is 10.5 Å². The number of carbonyl (C=O) groups excluding carboxylic acids is 2. The molecule has 0 saturated carbocycles. The van der Waals surface area contributed by atoms with Gasteiger partial charge in [-0.05, 0) is 68.5 Å². The van der Waals surface area contributed by atoms with Crippen molar-refractivity contribution in [3.05, 3.63) is 54.6 Å². The molecule has 0 saturated heterocycles. The summed E-state index contributed by atoms with van der Waals surface area (Å²) in [5.74, 6) is -0.395. The van der Waals surface area contributed by atoms with Crippen molar-refractivity contribution in [1.29, 1.82) is 0 Å². The van der Waals surface area contributed by atoms with Crippen LogP contribution in [0.2, 0.25) is 0 Å². The third kappa shape index (κ3) is 5.35. The number of aryl methyl sites for hydroxylation is 1. The maximum absolute atomic E-state index is 13.1. The lowest BCUT2D eigenvalue weighted by atomic mass is 9.99. The van der Waals surface area contributed by atoms with Crippen molar-refractivity contribution in [2.45, 2.75) is 39.7 Å². The molecule has 1 aromatic carbocycles. The van der Waals surface area contributed by atoms with Crippen molar-refractivity contribution >= 4 is 28.5 Å². The predicted molar refractivity (Wildman–Crippen MR) is 120 cm³/mol. The number of benzene rings is 1. The highest BCUT2D eigenvalue weighted by molar-refractivity contribution is 6.04. The molecule has 0 spiro atoms. The highest BCUT2D eigenvalue weighted by Gasteiger charge is 2.27. The van der Waals surface area contributed by atoms with Crippen molar-refractivity contribution in [2.75, 3.05) is 11.6 Å². The van der Waals surface area contributed by atoms with Gasteiger partial charge in [-0.15, -0.1) is 0 Å². The molecule has 0 bridgehead atoms. The summed E-state index contributed by atoms with van der Waals surface area (Å²) in [6.07, 6.45) is 6.19. The van der Waals surface area contributed by atoms with Crippen LogP contribution in [0.25, 0.3) is 21.9 Å². The van der Waals surface area contributed by atoms with Crippen molar-refractivity contribution < 1.29 is 14.3 Å². The van der Waals surface area contributed by atoms with Gasteiger partial charge in [0.2, 0.25) is 5.91 Å². The van der Waals surface area contributed by atoms with Crippen LogP contribution in [0.3, 0.4) is 0 Å². The first-order valence-corrected chi connectivity index (χ1v) is 10.0. The Morgan fingerprint density at radius 1 is 1.13 bits per heavy atom. The number of nitrogens with one attached hydrogen (secondary N) is 1. The smallest absolute Gasteiger partial charge is 0.434 e. The number of nitrogens with zero attached hydrogens (tertiary/aromatic N) is 3. The third-order valence-corrected chi connectivity index (χ3v) is 4.51. The van der Waals surface area contributed by atoms with E-state index in [1.807, 2.05) is 31.2 Å². The van der Waals surface area contributed by atoms with Crippen molar-refractivity contribution in [3.8, 4) is 11.1 Å². The summed E-state index contributed by atoms with van der Waals surface area (Å²) in [5, 5.41) is 2.67. The molecule has 3 N–H and O–H groups in total. The molecule has 0 aliphatic carbocycles. The second kappa shape index (κ2) is 9.09. The summed E-state index contributed by atoms with van der Waals surface area (Å²) >= 11 is 0.